The summed E-state index contributed by atoms with van der Waals surface area (Å²) in [4.78, 5) is 14.1. The lowest BCUT2D eigenvalue weighted by Gasteiger charge is -2.20. The molecule has 2 aromatic carbocycles. The average molecular weight is 394 g/mol. The second-order valence-corrected chi connectivity index (χ2v) is 8.39. The van der Waals surface area contributed by atoms with Crippen LogP contribution in [0, 0.1) is 0 Å². The summed E-state index contributed by atoms with van der Waals surface area (Å²) in [5.41, 5.74) is 4.98. The predicted octanol–water partition coefficient (Wildman–Crippen LogP) is 4.85. The van der Waals surface area contributed by atoms with E-state index >= 15 is 0 Å². The molecule has 1 aromatic heterocycles. The minimum Gasteiger partial charge on any atom is -0.489 e. The number of carbonyl (C=O) groups is 1. The largest absolute Gasteiger partial charge is 0.489 e. The van der Waals surface area contributed by atoms with E-state index in [0.29, 0.717) is 6.42 Å². The van der Waals surface area contributed by atoms with Crippen LogP contribution in [0.1, 0.15) is 36.2 Å². The van der Waals surface area contributed by atoms with Gasteiger partial charge in [-0.15, -0.1) is 10.2 Å². The monoisotopic (exact) mass is 393 g/mol. The first-order chi connectivity index (χ1) is 13.4. The minimum atomic E-state index is 0.112. The predicted molar refractivity (Wildman–Crippen MR) is 114 cm³/mol. The molecule has 1 heterocycles. The number of Topliss-reactive ketones (excluding diaryl/α,β-unsaturated/α-hetero) is 1. The molecule has 0 saturated heterocycles. The highest BCUT2D eigenvalue weighted by molar-refractivity contribution is 7.17. The Morgan fingerprint density at radius 1 is 1.04 bits per heavy atom. The Morgan fingerprint density at radius 2 is 1.79 bits per heavy atom. The van der Waals surface area contributed by atoms with Crippen molar-refractivity contribution in [3.8, 4) is 26.9 Å². The number of hydrogen-bond donors (Lipinski definition) is 0. The van der Waals surface area contributed by atoms with Gasteiger partial charge in [0.15, 0.2) is 5.78 Å². The Hall–Kier alpha value is -2.73. The second-order valence-electron chi connectivity index (χ2n) is 7.41. The average Bonchev–Trinajstić information content (AvgIpc) is 3.29. The van der Waals surface area contributed by atoms with Crippen LogP contribution in [0.25, 0.3) is 21.1 Å². The molecule has 1 aliphatic rings. The first-order valence-corrected chi connectivity index (χ1v) is 10.2. The molecular weight excluding hydrogens is 370 g/mol. The smallest absolute Gasteiger partial charge is 0.163 e. The van der Waals surface area contributed by atoms with Crippen molar-refractivity contribution in [1.29, 1.82) is 0 Å². The zero-order valence-corrected chi connectivity index (χ0v) is 17.3. The fourth-order valence-electron chi connectivity index (χ4n) is 3.49. The van der Waals surface area contributed by atoms with Crippen LogP contribution in [-0.4, -0.2) is 36.2 Å². The van der Waals surface area contributed by atoms with Crippen molar-refractivity contribution in [2.75, 3.05) is 19.0 Å². The van der Waals surface area contributed by atoms with Crippen molar-refractivity contribution in [1.82, 2.24) is 10.2 Å². The van der Waals surface area contributed by atoms with Crippen LogP contribution in [0.2, 0.25) is 0 Å². The molecule has 0 spiro atoms. The Labute approximate surface area is 169 Å². The van der Waals surface area contributed by atoms with Gasteiger partial charge in [0.05, 0.1) is 11.8 Å². The highest BCUT2D eigenvalue weighted by Gasteiger charge is 2.24. The van der Waals surface area contributed by atoms with E-state index in [1.54, 1.807) is 11.3 Å². The second kappa shape index (κ2) is 7.36. The van der Waals surface area contributed by atoms with Gasteiger partial charge in [-0.1, -0.05) is 29.5 Å². The van der Waals surface area contributed by atoms with E-state index < -0.39 is 0 Å². The summed E-state index contributed by atoms with van der Waals surface area (Å²) in [6, 6.07) is 12.0. The van der Waals surface area contributed by atoms with Crippen molar-refractivity contribution in [2.45, 2.75) is 32.8 Å². The molecule has 144 valence electrons. The molecule has 0 amide bonds. The lowest BCUT2D eigenvalue weighted by molar-refractivity contribution is 0.0994. The third-order valence-corrected chi connectivity index (χ3v) is 5.79. The highest BCUT2D eigenvalue weighted by atomic mass is 32.1. The number of nitrogens with zero attached hydrogens (tertiary/aromatic N) is 3. The topological polar surface area (TPSA) is 55.3 Å². The Balaban J connectivity index is 1.71. The van der Waals surface area contributed by atoms with Gasteiger partial charge in [0.2, 0.25) is 0 Å². The molecule has 5 nitrogen and oxygen atoms in total. The van der Waals surface area contributed by atoms with Crippen molar-refractivity contribution in [3.63, 3.8) is 0 Å². The normalized spacial score (nSPS) is 13.1. The van der Waals surface area contributed by atoms with Crippen LogP contribution in [0.4, 0.5) is 5.69 Å². The van der Waals surface area contributed by atoms with Gasteiger partial charge in [0.25, 0.3) is 0 Å². The van der Waals surface area contributed by atoms with Gasteiger partial charge in [-0.3, -0.25) is 4.79 Å². The maximum absolute atomic E-state index is 12.0. The number of ketones is 1. The van der Waals surface area contributed by atoms with Gasteiger partial charge >= 0.3 is 0 Å². The maximum atomic E-state index is 12.0. The SMILES string of the molecule is CC(C)Oc1ccc(-c2nnc(-c3cccc4c3CCC4=O)s2)cc1N(C)C. The van der Waals surface area contributed by atoms with Crippen LogP contribution in [0.5, 0.6) is 5.75 Å². The van der Waals surface area contributed by atoms with Crippen LogP contribution >= 0.6 is 11.3 Å². The van der Waals surface area contributed by atoms with Crippen LogP contribution < -0.4 is 9.64 Å². The standard InChI is InChI=1S/C22H23N3O2S/c1-13(2)27-20-11-8-14(12-18(20)25(3)4)21-23-24-22(28-21)17-7-5-6-16-15(17)9-10-19(16)26/h5-8,11-13H,9-10H2,1-4H3. The van der Waals surface area contributed by atoms with Gasteiger partial charge in [0, 0.05) is 37.2 Å². The number of hydrogen-bond acceptors (Lipinski definition) is 6. The molecule has 0 radical (unpaired) electrons. The van der Waals surface area contributed by atoms with E-state index in [1.807, 2.05) is 63.2 Å². The van der Waals surface area contributed by atoms with E-state index in [1.165, 1.54) is 0 Å². The van der Waals surface area contributed by atoms with E-state index in [-0.39, 0.29) is 11.9 Å². The summed E-state index contributed by atoms with van der Waals surface area (Å²) >= 11 is 1.55. The van der Waals surface area contributed by atoms with Crippen LogP contribution in [-0.2, 0) is 6.42 Å². The molecule has 1 aliphatic carbocycles. The number of anilines is 1. The molecule has 0 aliphatic heterocycles. The van der Waals surface area contributed by atoms with Gasteiger partial charge in [-0.2, -0.15) is 0 Å². The Morgan fingerprint density at radius 3 is 2.54 bits per heavy atom. The number of ether oxygens (including phenoxy) is 1. The number of carbonyl (C=O) groups excluding carboxylic acids is 1. The van der Waals surface area contributed by atoms with Gasteiger partial charge < -0.3 is 9.64 Å². The molecule has 0 atom stereocenters. The quantitative estimate of drug-likeness (QED) is 0.620. The number of benzene rings is 2. The lowest BCUT2D eigenvalue weighted by atomic mass is 10.0. The van der Waals surface area contributed by atoms with Crippen molar-refractivity contribution in [3.05, 3.63) is 47.5 Å². The first-order valence-electron chi connectivity index (χ1n) is 9.41. The van der Waals surface area contributed by atoms with Gasteiger partial charge in [-0.25, -0.2) is 0 Å². The summed E-state index contributed by atoms with van der Waals surface area (Å²) in [5.74, 6) is 1.07. The summed E-state index contributed by atoms with van der Waals surface area (Å²) in [5, 5.41) is 10.6. The molecular formula is C22H23N3O2S. The van der Waals surface area contributed by atoms with Crippen molar-refractivity contribution < 1.29 is 9.53 Å². The van der Waals surface area contributed by atoms with Crippen LogP contribution in [0.3, 0.4) is 0 Å². The Bertz CT molecular complexity index is 1040. The number of aromatic nitrogens is 2. The molecule has 0 N–H and O–H groups in total. The fourth-order valence-corrected chi connectivity index (χ4v) is 4.39. The molecule has 6 heteroatoms. The summed E-state index contributed by atoms with van der Waals surface area (Å²) in [7, 11) is 4.00. The van der Waals surface area contributed by atoms with E-state index in [0.717, 1.165) is 50.1 Å². The summed E-state index contributed by atoms with van der Waals surface area (Å²) in [6.45, 7) is 4.04. The third kappa shape index (κ3) is 3.40. The highest BCUT2D eigenvalue weighted by Crippen LogP contribution is 2.38. The minimum absolute atomic E-state index is 0.112. The molecule has 4 rings (SSSR count). The molecule has 28 heavy (non-hydrogen) atoms. The van der Waals surface area contributed by atoms with Crippen molar-refractivity contribution in [2.24, 2.45) is 0 Å². The summed E-state index contributed by atoms with van der Waals surface area (Å²) in [6.07, 6.45) is 1.48. The summed E-state index contributed by atoms with van der Waals surface area (Å²) < 4.78 is 5.93. The number of fused-ring (bicyclic) bond motifs is 1. The lowest BCUT2D eigenvalue weighted by Crippen LogP contribution is -2.13. The molecule has 0 unspecified atom stereocenters. The molecule has 0 fully saturated rings. The van der Waals surface area contributed by atoms with E-state index in [9.17, 15) is 4.79 Å². The number of rotatable bonds is 5. The van der Waals surface area contributed by atoms with Crippen molar-refractivity contribution >= 4 is 22.8 Å². The Kier molecular flexibility index (Phi) is 4.89. The fraction of sp³-hybridized carbons (Fsp3) is 0.318. The molecule has 3 aromatic rings. The zero-order chi connectivity index (χ0) is 19.8. The molecule has 0 saturated carbocycles. The maximum Gasteiger partial charge on any atom is 0.163 e. The van der Waals surface area contributed by atoms with E-state index in [4.69, 9.17) is 4.74 Å². The zero-order valence-electron chi connectivity index (χ0n) is 16.5. The van der Waals surface area contributed by atoms with Gasteiger partial charge in [0.1, 0.15) is 15.8 Å². The molecule has 0 bridgehead atoms. The first kappa shape index (κ1) is 18.6. The third-order valence-electron chi connectivity index (χ3n) is 4.78. The van der Waals surface area contributed by atoms with Gasteiger partial charge in [-0.05, 0) is 44.0 Å². The van der Waals surface area contributed by atoms with E-state index in [2.05, 4.69) is 16.3 Å². The van der Waals surface area contributed by atoms with Crippen LogP contribution in [0.15, 0.2) is 36.4 Å².